The molecule has 0 unspecified atom stereocenters. The fourth-order valence-corrected chi connectivity index (χ4v) is 4.54. The van der Waals surface area contributed by atoms with Gasteiger partial charge in [-0.3, -0.25) is 15.1 Å². The minimum absolute atomic E-state index is 0.0424. The molecule has 0 saturated heterocycles. The van der Waals surface area contributed by atoms with Gasteiger partial charge in [0.1, 0.15) is 37.9 Å². The Bertz CT molecular complexity index is 1570. The molecule has 0 radical (unpaired) electrons. The highest BCUT2D eigenvalue weighted by molar-refractivity contribution is 6.32. The van der Waals surface area contributed by atoms with Crippen molar-refractivity contribution >= 4 is 29.7 Å². The number of aromatic nitrogens is 1. The Morgan fingerprint density at radius 2 is 1.82 bits per heavy atom. The number of carbonyl (C=O) groups excluding carboxylic acids is 1. The van der Waals surface area contributed by atoms with Crippen LogP contribution in [0.1, 0.15) is 27.0 Å². The second-order valence-corrected chi connectivity index (χ2v) is 9.38. The lowest BCUT2D eigenvalue weighted by molar-refractivity contribution is 0.111. The van der Waals surface area contributed by atoms with E-state index in [1.54, 1.807) is 18.3 Å². The van der Waals surface area contributed by atoms with E-state index >= 15 is 0 Å². The fraction of sp³-hybridized carbons (Fsp3) is 0.167. The van der Waals surface area contributed by atoms with Crippen molar-refractivity contribution < 1.29 is 33.6 Å². The highest BCUT2D eigenvalue weighted by atomic mass is 35.5. The van der Waals surface area contributed by atoms with Crippen molar-refractivity contribution in [1.82, 2.24) is 4.98 Å². The summed E-state index contributed by atoms with van der Waals surface area (Å²) in [4.78, 5) is 26.6. The third kappa shape index (κ3) is 6.10. The van der Waals surface area contributed by atoms with Crippen LogP contribution in [-0.4, -0.2) is 35.7 Å². The number of hydrogen-bond acceptors (Lipinski definition) is 7. The molecule has 1 aliphatic rings. The van der Waals surface area contributed by atoms with E-state index in [0.717, 1.165) is 33.8 Å². The molecule has 40 heavy (non-hydrogen) atoms. The monoisotopic (exact) mass is 560 g/mol. The van der Waals surface area contributed by atoms with E-state index in [9.17, 15) is 9.59 Å². The van der Waals surface area contributed by atoms with Gasteiger partial charge >= 0.3 is 6.09 Å². The maximum atomic E-state index is 11.7. The van der Waals surface area contributed by atoms with Gasteiger partial charge < -0.3 is 24.1 Å². The predicted molar refractivity (Wildman–Crippen MR) is 149 cm³/mol. The second kappa shape index (κ2) is 12.0. The van der Waals surface area contributed by atoms with Crippen molar-refractivity contribution in [2.24, 2.45) is 0 Å². The smallest absolute Gasteiger partial charge is 0.409 e. The van der Waals surface area contributed by atoms with Crippen molar-refractivity contribution in [2.45, 2.75) is 20.1 Å². The summed E-state index contributed by atoms with van der Waals surface area (Å²) in [5.74, 6) is 2.08. The average molecular weight is 561 g/mol. The largest absolute Gasteiger partial charge is 0.488 e. The van der Waals surface area contributed by atoms with Crippen LogP contribution < -0.4 is 24.3 Å². The van der Waals surface area contributed by atoms with E-state index in [-0.39, 0.29) is 29.5 Å². The van der Waals surface area contributed by atoms with Gasteiger partial charge in [0, 0.05) is 17.8 Å². The van der Waals surface area contributed by atoms with Gasteiger partial charge in [-0.2, -0.15) is 0 Å². The van der Waals surface area contributed by atoms with E-state index in [2.05, 4.69) is 10.3 Å². The quantitative estimate of drug-likeness (QED) is 0.222. The molecule has 1 aliphatic heterocycles. The maximum Gasteiger partial charge on any atom is 0.409 e. The summed E-state index contributed by atoms with van der Waals surface area (Å²) >= 11 is 6.43. The number of hydrogen-bond donors (Lipinski definition) is 2. The summed E-state index contributed by atoms with van der Waals surface area (Å²) in [6.45, 7) is 3.36. The number of nitrogens with zero attached hydrogens (tertiary/aromatic N) is 1. The molecule has 5 rings (SSSR count). The number of amides is 1. The lowest BCUT2D eigenvalue weighted by Gasteiger charge is -2.20. The number of rotatable bonds is 9. The molecule has 3 aromatic carbocycles. The number of nitrogens with one attached hydrogen (secondary N) is 1. The molecule has 0 saturated carbocycles. The van der Waals surface area contributed by atoms with Crippen LogP contribution in [-0.2, 0) is 13.2 Å². The first-order chi connectivity index (χ1) is 19.4. The van der Waals surface area contributed by atoms with Crippen LogP contribution in [0.2, 0.25) is 5.02 Å². The number of carbonyl (C=O) groups is 2. The van der Waals surface area contributed by atoms with Crippen molar-refractivity contribution in [3.63, 3.8) is 0 Å². The van der Waals surface area contributed by atoms with E-state index in [4.69, 9.17) is 35.7 Å². The lowest BCUT2D eigenvalue weighted by Crippen LogP contribution is -2.15. The SMILES string of the molecule is Cc1c(COc2cc(OCc3cncc(NC(=O)O)c3)c(C=O)cc2Cl)cccc1-c1ccc2c(c1)OCCO2. The van der Waals surface area contributed by atoms with Gasteiger partial charge in [0.15, 0.2) is 17.8 Å². The molecule has 2 N–H and O–H groups in total. The van der Waals surface area contributed by atoms with Gasteiger partial charge in [-0.1, -0.05) is 35.9 Å². The van der Waals surface area contributed by atoms with Gasteiger partial charge in [-0.05, 0) is 53.4 Å². The Morgan fingerprint density at radius 3 is 2.62 bits per heavy atom. The first kappa shape index (κ1) is 26.8. The fourth-order valence-electron chi connectivity index (χ4n) is 4.32. The summed E-state index contributed by atoms with van der Waals surface area (Å²) in [5, 5.41) is 11.4. The number of ether oxygens (including phenoxy) is 4. The topological polar surface area (TPSA) is 116 Å². The zero-order chi connectivity index (χ0) is 28.1. The molecular weight excluding hydrogens is 536 g/mol. The number of fused-ring (bicyclic) bond motifs is 1. The van der Waals surface area contributed by atoms with Crippen molar-refractivity contribution in [3.8, 4) is 34.1 Å². The van der Waals surface area contributed by atoms with Crippen LogP contribution in [0.25, 0.3) is 11.1 Å². The molecular formula is C30H25ClN2O7. The van der Waals surface area contributed by atoms with Gasteiger partial charge in [-0.15, -0.1) is 0 Å². The third-order valence-electron chi connectivity index (χ3n) is 6.31. The van der Waals surface area contributed by atoms with Crippen LogP contribution in [0.3, 0.4) is 0 Å². The molecule has 204 valence electrons. The molecule has 1 aromatic heterocycles. The van der Waals surface area contributed by atoms with E-state index < -0.39 is 6.09 Å². The molecule has 0 fully saturated rings. The van der Waals surface area contributed by atoms with Crippen LogP contribution >= 0.6 is 11.6 Å². The van der Waals surface area contributed by atoms with Gasteiger partial charge in [0.25, 0.3) is 0 Å². The molecule has 1 amide bonds. The summed E-state index contributed by atoms with van der Waals surface area (Å²) in [5.41, 5.74) is 5.20. The number of aldehydes is 1. The number of carboxylic acid groups (broad SMARTS) is 1. The van der Waals surface area contributed by atoms with Gasteiger partial charge in [0.2, 0.25) is 0 Å². The maximum absolute atomic E-state index is 11.7. The molecule has 10 heteroatoms. The Balaban J connectivity index is 1.32. The molecule has 0 atom stereocenters. The number of anilines is 1. The summed E-state index contributed by atoms with van der Waals surface area (Å²) < 4.78 is 23.3. The number of pyridine rings is 1. The van der Waals surface area contributed by atoms with Crippen molar-refractivity contribution in [1.29, 1.82) is 0 Å². The van der Waals surface area contributed by atoms with Crippen LogP contribution in [0, 0.1) is 6.92 Å². The Labute approximate surface area is 235 Å². The summed E-state index contributed by atoms with van der Waals surface area (Å²) in [7, 11) is 0. The normalized spacial score (nSPS) is 11.9. The molecule has 0 aliphatic carbocycles. The standard InChI is InChI=1S/C30H25ClN2O7/c1-18-21(3-2-4-24(18)20-5-6-26-29(11-20)38-8-7-37-26)17-40-28-12-27(22(15-34)10-25(28)31)39-16-19-9-23(14-32-13-19)33-30(35)36/h2-6,9-15,33H,7-8,16-17H2,1H3,(H,35,36). The highest BCUT2D eigenvalue weighted by Gasteiger charge is 2.16. The molecule has 2 heterocycles. The predicted octanol–water partition coefficient (Wildman–Crippen LogP) is 6.54. The van der Waals surface area contributed by atoms with Crippen LogP contribution in [0.5, 0.6) is 23.0 Å². The Hall–Kier alpha value is -4.76. The zero-order valence-electron chi connectivity index (χ0n) is 21.5. The summed E-state index contributed by atoms with van der Waals surface area (Å²) in [6.07, 6.45) is 2.37. The van der Waals surface area contributed by atoms with E-state index in [1.807, 2.05) is 43.3 Å². The Morgan fingerprint density at radius 1 is 1.02 bits per heavy atom. The highest BCUT2D eigenvalue weighted by Crippen LogP contribution is 2.37. The first-order valence-corrected chi connectivity index (χ1v) is 12.8. The van der Waals surface area contributed by atoms with Crippen molar-refractivity contribution in [3.05, 3.63) is 94.3 Å². The summed E-state index contributed by atoms with van der Waals surface area (Å²) in [6, 6.07) is 16.5. The van der Waals surface area contributed by atoms with E-state index in [1.165, 1.54) is 12.3 Å². The zero-order valence-corrected chi connectivity index (χ0v) is 22.2. The first-order valence-electron chi connectivity index (χ1n) is 12.4. The van der Waals surface area contributed by atoms with Gasteiger partial charge in [-0.25, -0.2) is 4.79 Å². The van der Waals surface area contributed by atoms with Gasteiger partial charge in [0.05, 0.1) is 22.5 Å². The van der Waals surface area contributed by atoms with Crippen LogP contribution in [0.4, 0.5) is 10.5 Å². The minimum atomic E-state index is -1.20. The van der Waals surface area contributed by atoms with Crippen molar-refractivity contribution in [2.75, 3.05) is 18.5 Å². The molecule has 4 aromatic rings. The average Bonchev–Trinajstić information content (AvgIpc) is 2.96. The number of halogens is 1. The van der Waals surface area contributed by atoms with E-state index in [0.29, 0.717) is 36.5 Å². The Kier molecular flexibility index (Phi) is 8.02. The second-order valence-electron chi connectivity index (χ2n) is 8.98. The molecule has 0 spiro atoms. The number of benzene rings is 3. The van der Waals surface area contributed by atoms with Crippen LogP contribution in [0.15, 0.2) is 67.0 Å². The minimum Gasteiger partial charge on any atom is -0.488 e. The third-order valence-corrected chi connectivity index (χ3v) is 6.61. The lowest BCUT2D eigenvalue weighted by atomic mass is 9.96. The molecule has 9 nitrogen and oxygen atoms in total. The molecule has 0 bridgehead atoms.